The summed E-state index contributed by atoms with van der Waals surface area (Å²) in [5, 5.41) is 9.07. The summed E-state index contributed by atoms with van der Waals surface area (Å²) < 4.78 is 4.94. The standard InChI is InChI=1S/C19H31N3O3S/c1-19(2,3)18(24)21-11-13-5-7-14(8-6-13)16(17-20-9-10-26-17)22-15(23)12-25-4/h9-10,13-14,16H,5-8,11-12H2,1-4H3,(H,21,24)(H,22,23)/t13?,14?,16-/m0/s1. The zero-order valence-corrected chi connectivity index (χ0v) is 17.0. The van der Waals surface area contributed by atoms with Crippen molar-refractivity contribution in [1.29, 1.82) is 0 Å². The summed E-state index contributed by atoms with van der Waals surface area (Å²) in [6.07, 6.45) is 5.93. The number of thiazole rings is 1. The number of amides is 2. The van der Waals surface area contributed by atoms with Crippen LogP contribution in [0, 0.1) is 17.3 Å². The molecule has 0 saturated heterocycles. The van der Waals surface area contributed by atoms with Gasteiger partial charge in [0.2, 0.25) is 11.8 Å². The molecular formula is C19H31N3O3S. The van der Waals surface area contributed by atoms with Crippen LogP contribution in [-0.4, -0.2) is 37.1 Å². The second kappa shape index (κ2) is 9.46. The van der Waals surface area contributed by atoms with Crippen LogP contribution < -0.4 is 10.6 Å². The Labute approximate surface area is 160 Å². The largest absolute Gasteiger partial charge is 0.375 e. The van der Waals surface area contributed by atoms with Gasteiger partial charge in [-0.1, -0.05) is 20.8 Å². The maximum Gasteiger partial charge on any atom is 0.246 e. The lowest BCUT2D eigenvalue weighted by Gasteiger charge is -2.34. The van der Waals surface area contributed by atoms with Gasteiger partial charge in [0, 0.05) is 30.6 Å². The molecule has 6 nitrogen and oxygen atoms in total. The highest BCUT2D eigenvalue weighted by atomic mass is 32.1. The van der Waals surface area contributed by atoms with E-state index in [1.807, 2.05) is 26.2 Å². The van der Waals surface area contributed by atoms with Gasteiger partial charge in [-0.3, -0.25) is 9.59 Å². The van der Waals surface area contributed by atoms with Gasteiger partial charge in [-0.15, -0.1) is 11.3 Å². The number of aromatic nitrogens is 1. The summed E-state index contributed by atoms with van der Waals surface area (Å²) in [4.78, 5) is 28.5. The Kier molecular flexibility index (Phi) is 7.58. The van der Waals surface area contributed by atoms with Crippen molar-refractivity contribution in [3.8, 4) is 0 Å². The Morgan fingerprint density at radius 2 is 2.00 bits per heavy atom. The van der Waals surface area contributed by atoms with Crippen LogP contribution in [0.5, 0.6) is 0 Å². The van der Waals surface area contributed by atoms with Gasteiger partial charge in [-0.05, 0) is 37.5 Å². The summed E-state index contributed by atoms with van der Waals surface area (Å²) in [5.41, 5.74) is -0.348. The molecule has 2 N–H and O–H groups in total. The van der Waals surface area contributed by atoms with Gasteiger partial charge in [0.15, 0.2) is 0 Å². The van der Waals surface area contributed by atoms with Crippen molar-refractivity contribution in [2.45, 2.75) is 52.5 Å². The minimum absolute atomic E-state index is 0.0530. The Balaban J connectivity index is 1.88. The van der Waals surface area contributed by atoms with Crippen LogP contribution in [0.3, 0.4) is 0 Å². The van der Waals surface area contributed by atoms with Gasteiger partial charge in [0.1, 0.15) is 11.6 Å². The van der Waals surface area contributed by atoms with Crippen LogP contribution in [0.15, 0.2) is 11.6 Å². The number of carbonyl (C=O) groups is 2. The van der Waals surface area contributed by atoms with E-state index in [0.29, 0.717) is 11.8 Å². The number of methoxy groups -OCH3 is 1. The molecule has 2 amide bonds. The monoisotopic (exact) mass is 381 g/mol. The molecule has 146 valence electrons. The van der Waals surface area contributed by atoms with E-state index in [4.69, 9.17) is 4.74 Å². The molecule has 0 bridgehead atoms. The van der Waals surface area contributed by atoms with Crippen LogP contribution in [0.1, 0.15) is 57.5 Å². The normalized spacial score (nSPS) is 21.8. The molecule has 1 fully saturated rings. The van der Waals surface area contributed by atoms with Crippen LogP contribution >= 0.6 is 11.3 Å². The van der Waals surface area contributed by atoms with E-state index in [-0.39, 0.29) is 29.9 Å². The van der Waals surface area contributed by atoms with Gasteiger partial charge in [0.25, 0.3) is 0 Å². The first kappa shape index (κ1) is 20.8. The Morgan fingerprint density at radius 1 is 1.31 bits per heavy atom. The molecule has 0 aromatic carbocycles. The topological polar surface area (TPSA) is 80.3 Å². The molecule has 7 heteroatoms. The average Bonchev–Trinajstić information content (AvgIpc) is 3.12. The quantitative estimate of drug-likeness (QED) is 0.761. The Hall–Kier alpha value is -1.47. The van der Waals surface area contributed by atoms with Crippen molar-refractivity contribution in [1.82, 2.24) is 15.6 Å². The number of nitrogens with one attached hydrogen (secondary N) is 2. The number of carbonyl (C=O) groups excluding carboxylic acids is 2. The van der Waals surface area contributed by atoms with E-state index in [9.17, 15) is 9.59 Å². The van der Waals surface area contributed by atoms with Crippen molar-refractivity contribution < 1.29 is 14.3 Å². The van der Waals surface area contributed by atoms with E-state index in [1.54, 1.807) is 17.5 Å². The first-order valence-corrected chi connectivity index (χ1v) is 10.1. The highest BCUT2D eigenvalue weighted by Gasteiger charge is 2.31. The summed E-state index contributed by atoms with van der Waals surface area (Å²) in [7, 11) is 1.52. The van der Waals surface area contributed by atoms with Gasteiger partial charge in [0.05, 0.1) is 6.04 Å². The number of rotatable bonds is 7. The van der Waals surface area contributed by atoms with Crippen LogP contribution in [0.4, 0.5) is 0 Å². The fourth-order valence-electron chi connectivity index (χ4n) is 3.34. The first-order chi connectivity index (χ1) is 12.3. The Bertz CT molecular complexity index is 575. The molecule has 1 aromatic rings. The minimum Gasteiger partial charge on any atom is -0.375 e. The molecule has 2 rings (SSSR count). The lowest BCUT2D eigenvalue weighted by molar-refractivity contribution is -0.129. The third-order valence-corrected chi connectivity index (χ3v) is 5.76. The van der Waals surface area contributed by atoms with Gasteiger partial charge >= 0.3 is 0 Å². The molecule has 26 heavy (non-hydrogen) atoms. The smallest absolute Gasteiger partial charge is 0.246 e. The predicted octanol–water partition coefficient (Wildman–Crippen LogP) is 2.92. The molecule has 1 aliphatic carbocycles. The third kappa shape index (κ3) is 6.06. The van der Waals surface area contributed by atoms with E-state index in [0.717, 1.165) is 37.2 Å². The van der Waals surface area contributed by atoms with Gasteiger partial charge < -0.3 is 15.4 Å². The molecule has 0 spiro atoms. The summed E-state index contributed by atoms with van der Waals surface area (Å²) >= 11 is 1.58. The van der Waals surface area contributed by atoms with Crippen molar-refractivity contribution in [3.63, 3.8) is 0 Å². The maximum absolute atomic E-state index is 12.0. The fraction of sp³-hybridized carbons (Fsp3) is 0.737. The number of hydrogen-bond donors (Lipinski definition) is 2. The van der Waals surface area contributed by atoms with Crippen molar-refractivity contribution in [2.75, 3.05) is 20.3 Å². The van der Waals surface area contributed by atoms with Crippen molar-refractivity contribution in [3.05, 3.63) is 16.6 Å². The SMILES string of the molecule is COCC(=O)N[C@H](c1nccs1)C1CCC(CNC(=O)C(C)(C)C)CC1. The molecule has 1 heterocycles. The summed E-state index contributed by atoms with van der Waals surface area (Å²) in [6.45, 7) is 6.60. The van der Waals surface area contributed by atoms with E-state index >= 15 is 0 Å². The molecule has 1 atom stereocenters. The lowest BCUT2D eigenvalue weighted by Crippen LogP contribution is -2.40. The molecular weight excluding hydrogens is 350 g/mol. The van der Waals surface area contributed by atoms with Gasteiger partial charge in [-0.2, -0.15) is 0 Å². The highest BCUT2D eigenvalue weighted by Crippen LogP contribution is 2.37. The van der Waals surface area contributed by atoms with Gasteiger partial charge in [-0.25, -0.2) is 4.98 Å². The highest BCUT2D eigenvalue weighted by molar-refractivity contribution is 7.09. The number of ether oxygens (including phenoxy) is 1. The summed E-state index contributed by atoms with van der Waals surface area (Å²) in [5.74, 6) is 0.875. The van der Waals surface area contributed by atoms with Crippen molar-refractivity contribution >= 4 is 23.2 Å². The van der Waals surface area contributed by atoms with Crippen LogP contribution in [-0.2, 0) is 14.3 Å². The lowest BCUT2D eigenvalue weighted by atomic mass is 9.78. The third-order valence-electron chi connectivity index (χ3n) is 4.90. The molecule has 1 aromatic heterocycles. The number of nitrogens with zero attached hydrogens (tertiary/aromatic N) is 1. The number of hydrogen-bond acceptors (Lipinski definition) is 5. The average molecular weight is 382 g/mol. The molecule has 0 aliphatic heterocycles. The first-order valence-electron chi connectivity index (χ1n) is 9.27. The van der Waals surface area contributed by atoms with E-state index in [2.05, 4.69) is 15.6 Å². The predicted molar refractivity (Wildman–Crippen MR) is 103 cm³/mol. The second-order valence-electron chi connectivity index (χ2n) is 8.09. The zero-order chi connectivity index (χ0) is 19.2. The second-order valence-corrected chi connectivity index (χ2v) is 9.02. The fourth-order valence-corrected chi connectivity index (χ4v) is 4.12. The maximum atomic E-state index is 12.0. The minimum atomic E-state index is -0.348. The summed E-state index contributed by atoms with van der Waals surface area (Å²) in [6, 6.07) is -0.0530. The van der Waals surface area contributed by atoms with Crippen LogP contribution in [0.2, 0.25) is 0 Å². The molecule has 1 aliphatic rings. The Morgan fingerprint density at radius 3 is 2.54 bits per heavy atom. The van der Waals surface area contributed by atoms with Crippen LogP contribution in [0.25, 0.3) is 0 Å². The van der Waals surface area contributed by atoms with E-state index in [1.165, 1.54) is 7.11 Å². The molecule has 0 unspecified atom stereocenters. The molecule has 1 saturated carbocycles. The molecule has 0 radical (unpaired) electrons. The van der Waals surface area contributed by atoms with E-state index < -0.39 is 0 Å². The van der Waals surface area contributed by atoms with Crippen molar-refractivity contribution in [2.24, 2.45) is 17.3 Å². The zero-order valence-electron chi connectivity index (χ0n) is 16.2.